The molecule has 0 amide bonds. The third-order valence-corrected chi connectivity index (χ3v) is 5.99. The molecular formula is C25H24Cl3NO5. The Bertz CT molecular complexity index is 1160. The molecule has 0 fully saturated rings. The van der Waals surface area contributed by atoms with E-state index in [0.717, 1.165) is 16.7 Å². The first-order chi connectivity index (χ1) is 15.9. The molecule has 9 heteroatoms. The Kier molecular flexibility index (Phi) is 8.91. The number of rotatable bonds is 7. The van der Waals surface area contributed by atoms with E-state index in [1.807, 2.05) is 48.5 Å². The van der Waals surface area contributed by atoms with Crippen LogP contribution in [0.5, 0.6) is 17.2 Å². The summed E-state index contributed by atoms with van der Waals surface area (Å²) < 4.78 is 22.7. The molecule has 0 aliphatic carbocycles. The van der Waals surface area contributed by atoms with Crippen molar-refractivity contribution in [3.05, 3.63) is 87.4 Å². The fourth-order valence-corrected chi connectivity index (χ4v) is 3.82. The molecule has 0 unspecified atom stereocenters. The predicted molar refractivity (Wildman–Crippen MR) is 133 cm³/mol. The van der Waals surface area contributed by atoms with Crippen molar-refractivity contribution in [2.75, 3.05) is 13.7 Å². The van der Waals surface area contributed by atoms with Gasteiger partial charge in [-0.05, 0) is 59.5 Å². The fraction of sp³-hybridized carbons (Fsp3) is 0.240. The van der Waals surface area contributed by atoms with Crippen LogP contribution in [-0.4, -0.2) is 25.7 Å². The summed E-state index contributed by atoms with van der Waals surface area (Å²) in [6.45, 7) is 0.706. The molecule has 0 saturated carbocycles. The van der Waals surface area contributed by atoms with Gasteiger partial charge in [0.05, 0.1) is 17.2 Å². The number of carbonyl (C=O) groups is 1. The zero-order chi connectivity index (χ0) is 23.4. The first kappa shape index (κ1) is 26.0. The topological polar surface area (TPSA) is 80.0 Å². The molecule has 1 aliphatic heterocycles. The van der Waals surface area contributed by atoms with Crippen LogP contribution in [-0.2, 0) is 22.6 Å². The van der Waals surface area contributed by atoms with Gasteiger partial charge in [0.2, 0.25) is 0 Å². The molecule has 2 N–H and O–H groups in total. The second-order valence-corrected chi connectivity index (χ2v) is 8.46. The maximum atomic E-state index is 11.6. The molecule has 1 heterocycles. The molecule has 3 aromatic rings. The lowest BCUT2D eigenvalue weighted by Crippen LogP contribution is -2.33. The van der Waals surface area contributed by atoms with Crippen molar-refractivity contribution >= 4 is 41.6 Å². The molecule has 3 aromatic carbocycles. The average molecular weight is 525 g/mol. The summed E-state index contributed by atoms with van der Waals surface area (Å²) in [4.78, 5) is 11.6. The van der Waals surface area contributed by atoms with Crippen LogP contribution in [0, 0.1) is 0 Å². The van der Waals surface area contributed by atoms with E-state index in [0.29, 0.717) is 46.9 Å². The number of esters is 1. The Balaban J connectivity index is 0.00000324. The lowest BCUT2D eigenvalue weighted by atomic mass is 10.0. The van der Waals surface area contributed by atoms with Gasteiger partial charge in [0.15, 0.2) is 17.6 Å². The molecule has 0 spiro atoms. The third-order valence-electron chi connectivity index (χ3n) is 5.25. The molecule has 0 bridgehead atoms. The molecular weight excluding hydrogens is 501 g/mol. The number of methoxy groups -OCH3 is 1. The van der Waals surface area contributed by atoms with Gasteiger partial charge in [0.25, 0.3) is 0 Å². The lowest BCUT2D eigenvalue weighted by Gasteiger charge is -2.27. The molecule has 0 aromatic heterocycles. The van der Waals surface area contributed by atoms with E-state index in [2.05, 4.69) is 4.74 Å². The molecule has 6 nitrogen and oxygen atoms in total. The fourth-order valence-electron chi connectivity index (χ4n) is 3.50. The first-order valence-corrected chi connectivity index (χ1v) is 11.1. The van der Waals surface area contributed by atoms with E-state index in [1.165, 1.54) is 7.11 Å². The van der Waals surface area contributed by atoms with Crippen molar-refractivity contribution in [1.29, 1.82) is 0 Å². The summed E-state index contributed by atoms with van der Waals surface area (Å²) in [5.74, 6) is 1.50. The number of hydrogen-bond donors (Lipinski definition) is 1. The number of carbonyl (C=O) groups excluding carboxylic acids is 1. The number of hydrogen-bond acceptors (Lipinski definition) is 6. The van der Waals surface area contributed by atoms with Gasteiger partial charge in [0, 0.05) is 0 Å². The van der Waals surface area contributed by atoms with Crippen molar-refractivity contribution in [3.8, 4) is 17.2 Å². The highest BCUT2D eigenvalue weighted by Gasteiger charge is 2.24. The zero-order valence-electron chi connectivity index (χ0n) is 18.3. The van der Waals surface area contributed by atoms with Gasteiger partial charge in [-0.3, -0.25) is 4.79 Å². The van der Waals surface area contributed by atoms with E-state index >= 15 is 0 Å². The van der Waals surface area contributed by atoms with Gasteiger partial charge in [-0.25, -0.2) is 0 Å². The average Bonchev–Trinajstić information content (AvgIpc) is 2.84. The summed E-state index contributed by atoms with van der Waals surface area (Å²) in [6, 6.07) is 17.9. The Labute approximate surface area is 214 Å². The normalized spacial score (nSPS) is 15.1. The van der Waals surface area contributed by atoms with Crippen LogP contribution >= 0.6 is 35.6 Å². The quantitative estimate of drug-likeness (QED) is 0.408. The van der Waals surface area contributed by atoms with Crippen molar-refractivity contribution in [2.24, 2.45) is 5.73 Å². The zero-order valence-corrected chi connectivity index (χ0v) is 20.7. The van der Waals surface area contributed by atoms with E-state index in [-0.39, 0.29) is 18.5 Å². The maximum Gasteiger partial charge on any atom is 0.322 e. The predicted octanol–water partition coefficient (Wildman–Crippen LogP) is 5.55. The minimum absolute atomic E-state index is 0. The molecule has 180 valence electrons. The summed E-state index contributed by atoms with van der Waals surface area (Å²) in [5.41, 5.74) is 8.57. The number of nitrogens with two attached hydrogens (primary N) is 1. The van der Waals surface area contributed by atoms with Crippen molar-refractivity contribution < 1.29 is 23.7 Å². The van der Waals surface area contributed by atoms with E-state index in [1.54, 1.807) is 12.1 Å². The summed E-state index contributed by atoms with van der Waals surface area (Å²) >= 11 is 12.0. The van der Waals surface area contributed by atoms with Crippen molar-refractivity contribution in [1.82, 2.24) is 0 Å². The first-order valence-electron chi connectivity index (χ1n) is 10.4. The van der Waals surface area contributed by atoms with Crippen LogP contribution in [0.15, 0.2) is 60.7 Å². The molecule has 0 saturated heterocycles. The van der Waals surface area contributed by atoms with Gasteiger partial charge in [-0.2, -0.15) is 0 Å². The lowest BCUT2D eigenvalue weighted by molar-refractivity contribution is -0.142. The molecule has 2 atom stereocenters. The standard InChI is InChI=1S/C25H23Cl2NO5.ClH/c1-30-25(29)21(28)10-15-6-8-22-23(11-15)32-14-24(33-22)17-3-2-4-18(12-17)31-13-16-5-7-19(26)20(27)9-16;/h2-9,11-12,21,24H,10,13-14,28H2,1H3;1H/t21-,24+;/m0./s1. The van der Waals surface area contributed by atoms with Gasteiger partial charge >= 0.3 is 5.97 Å². The minimum atomic E-state index is -0.725. The molecule has 0 radical (unpaired) electrons. The monoisotopic (exact) mass is 523 g/mol. The second kappa shape index (κ2) is 11.7. The second-order valence-electron chi connectivity index (χ2n) is 7.64. The Morgan fingerprint density at radius 1 is 1.06 bits per heavy atom. The number of benzene rings is 3. The van der Waals surface area contributed by atoms with Crippen LogP contribution in [0.3, 0.4) is 0 Å². The van der Waals surface area contributed by atoms with Crippen LogP contribution in [0.25, 0.3) is 0 Å². The molecule has 4 rings (SSSR count). The summed E-state index contributed by atoms with van der Waals surface area (Å²) in [5, 5.41) is 1.00. The summed E-state index contributed by atoms with van der Waals surface area (Å²) in [7, 11) is 1.32. The van der Waals surface area contributed by atoms with Gasteiger partial charge in [0.1, 0.15) is 25.0 Å². The van der Waals surface area contributed by atoms with Crippen molar-refractivity contribution in [2.45, 2.75) is 25.2 Å². The highest BCUT2D eigenvalue weighted by molar-refractivity contribution is 6.42. The van der Waals surface area contributed by atoms with E-state index < -0.39 is 12.0 Å². The largest absolute Gasteiger partial charge is 0.489 e. The van der Waals surface area contributed by atoms with Crippen LogP contribution in [0.2, 0.25) is 10.0 Å². The third kappa shape index (κ3) is 6.27. The van der Waals surface area contributed by atoms with Gasteiger partial charge in [-0.1, -0.05) is 47.5 Å². The van der Waals surface area contributed by atoms with E-state index in [4.69, 9.17) is 43.1 Å². The van der Waals surface area contributed by atoms with Gasteiger partial charge < -0.3 is 24.7 Å². The van der Waals surface area contributed by atoms with Crippen molar-refractivity contribution in [3.63, 3.8) is 0 Å². The van der Waals surface area contributed by atoms with Crippen LogP contribution in [0.4, 0.5) is 0 Å². The van der Waals surface area contributed by atoms with Crippen LogP contribution < -0.4 is 19.9 Å². The Morgan fingerprint density at radius 2 is 1.85 bits per heavy atom. The van der Waals surface area contributed by atoms with Gasteiger partial charge in [-0.15, -0.1) is 12.4 Å². The Morgan fingerprint density at radius 3 is 2.62 bits per heavy atom. The van der Waals surface area contributed by atoms with E-state index in [9.17, 15) is 4.79 Å². The summed E-state index contributed by atoms with van der Waals surface area (Å²) in [6.07, 6.45) is 0.0690. The SMILES string of the molecule is COC(=O)[C@@H](N)Cc1ccc2c(c1)OC[C@H](c1cccc(OCc3ccc(Cl)c(Cl)c3)c1)O2.Cl. The highest BCUT2D eigenvalue weighted by Crippen LogP contribution is 2.38. The minimum Gasteiger partial charge on any atom is -0.489 e. The maximum absolute atomic E-state index is 11.6. The molecule has 34 heavy (non-hydrogen) atoms. The number of fused-ring (bicyclic) bond motifs is 1. The number of ether oxygens (including phenoxy) is 4. The van der Waals surface area contributed by atoms with Crippen LogP contribution in [0.1, 0.15) is 22.8 Å². The highest BCUT2D eigenvalue weighted by atomic mass is 35.5. The Hall–Kier alpha value is -2.64. The smallest absolute Gasteiger partial charge is 0.322 e. The number of halogens is 3. The molecule has 1 aliphatic rings.